The van der Waals surface area contributed by atoms with Crippen LogP contribution in [0.3, 0.4) is 0 Å². The van der Waals surface area contributed by atoms with Crippen molar-refractivity contribution < 1.29 is 24.3 Å². The first-order valence-corrected chi connectivity index (χ1v) is 9.24. The Hall–Kier alpha value is -3.40. The Balaban J connectivity index is 2.04. The Morgan fingerprint density at radius 1 is 1.28 bits per heavy atom. The summed E-state index contributed by atoms with van der Waals surface area (Å²) < 4.78 is 11.1. The molecule has 3 rings (SSSR count). The molecule has 0 bridgehead atoms. The molecule has 1 aliphatic rings. The van der Waals surface area contributed by atoms with Crippen LogP contribution in [-0.4, -0.2) is 35.6 Å². The van der Waals surface area contributed by atoms with E-state index in [-0.39, 0.29) is 35.3 Å². The van der Waals surface area contributed by atoms with Crippen molar-refractivity contribution in [3.8, 4) is 11.5 Å². The average molecular weight is 462 g/mol. The maximum Gasteiger partial charge on any atom is 0.284 e. The third-order valence-electron chi connectivity index (χ3n) is 4.07. The number of phenols is 1. The molecule has 10 heteroatoms. The largest absolute Gasteiger partial charge is 0.504 e. The van der Waals surface area contributed by atoms with Crippen LogP contribution in [0.5, 0.6) is 11.5 Å². The summed E-state index contributed by atoms with van der Waals surface area (Å²) in [6.07, 6.45) is 1.45. The van der Waals surface area contributed by atoms with Gasteiger partial charge < -0.3 is 14.6 Å². The van der Waals surface area contributed by atoms with Crippen LogP contribution in [-0.2, 0) is 9.53 Å². The molecule has 0 saturated heterocycles. The second kappa shape index (κ2) is 8.31. The number of hydrazone groups is 1. The number of phenolic OH excluding ortho intramolecular Hbond substituents is 1. The fourth-order valence-corrected chi connectivity index (χ4v) is 3.10. The zero-order valence-electron chi connectivity index (χ0n) is 15.5. The Morgan fingerprint density at radius 3 is 2.55 bits per heavy atom. The normalized spacial score (nSPS) is 14.9. The summed E-state index contributed by atoms with van der Waals surface area (Å²) >= 11 is 3.35. The molecule has 29 heavy (non-hydrogen) atoms. The van der Waals surface area contributed by atoms with Crippen LogP contribution >= 0.6 is 15.9 Å². The van der Waals surface area contributed by atoms with E-state index in [1.807, 2.05) is 0 Å². The number of benzene rings is 2. The van der Waals surface area contributed by atoms with E-state index >= 15 is 0 Å². The van der Waals surface area contributed by atoms with E-state index in [0.29, 0.717) is 15.7 Å². The minimum atomic E-state index is -0.529. The summed E-state index contributed by atoms with van der Waals surface area (Å²) in [5, 5.41) is 26.5. The molecule has 2 aromatic rings. The van der Waals surface area contributed by atoms with Crippen molar-refractivity contribution in [2.75, 3.05) is 18.7 Å². The fraction of sp³-hybridized carbons (Fsp3) is 0.158. The van der Waals surface area contributed by atoms with Gasteiger partial charge in [-0.05, 0) is 37.3 Å². The molecule has 1 N–H and O–H groups in total. The first-order valence-electron chi connectivity index (χ1n) is 8.45. The van der Waals surface area contributed by atoms with Crippen molar-refractivity contribution >= 4 is 45.2 Å². The average Bonchev–Trinajstić information content (AvgIpc) is 3.01. The first kappa shape index (κ1) is 20.3. The second-order valence-electron chi connectivity index (χ2n) is 5.80. The third-order valence-corrected chi connectivity index (χ3v) is 4.76. The molecule has 1 amide bonds. The number of halogens is 1. The van der Waals surface area contributed by atoms with Crippen molar-refractivity contribution in [3.05, 3.63) is 62.1 Å². The molecule has 0 aromatic heterocycles. The van der Waals surface area contributed by atoms with Crippen molar-refractivity contribution in [2.45, 2.75) is 6.92 Å². The molecule has 1 aliphatic heterocycles. The van der Waals surface area contributed by atoms with Gasteiger partial charge in [0.15, 0.2) is 11.5 Å². The highest BCUT2D eigenvalue weighted by atomic mass is 79.9. The number of carbonyl (C=O) groups excluding carboxylic acids is 1. The van der Waals surface area contributed by atoms with E-state index in [9.17, 15) is 20.0 Å². The van der Waals surface area contributed by atoms with E-state index in [1.165, 1.54) is 37.5 Å². The number of ether oxygens (including phenoxy) is 2. The Labute approximate surface area is 174 Å². The number of hydrogen-bond donors (Lipinski definition) is 1. The van der Waals surface area contributed by atoms with Gasteiger partial charge in [-0.3, -0.25) is 14.9 Å². The smallest absolute Gasteiger partial charge is 0.284 e. The number of hydrogen-bond acceptors (Lipinski definition) is 7. The Morgan fingerprint density at radius 2 is 1.97 bits per heavy atom. The minimum Gasteiger partial charge on any atom is -0.504 e. The summed E-state index contributed by atoms with van der Waals surface area (Å²) in [6.45, 7) is 2.01. The van der Waals surface area contributed by atoms with Gasteiger partial charge in [-0.25, -0.2) is 0 Å². The predicted octanol–water partition coefficient (Wildman–Crippen LogP) is 3.85. The summed E-state index contributed by atoms with van der Waals surface area (Å²) in [4.78, 5) is 23.3. The van der Waals surface area contributed by atoms with Crippen LogP contribution < -0.4 is 9.75 Å². The standard InChI is InChI=1S/C19H16BrN3O6/c1-3-29-18-14(10-13-15(20)8-9-16(28-2)17(13)24)19(25)22(21-18)11-4-6-12(7-5-11)23(26)27/h4-10,24H,3H2,1-2H3/b14-10+. The molecule has 0 radical (unpaired) electrons. The van der Waals surface area contributed by atoms with E-state index in [0.717, 1.165) is 5.01 Å². The molecule has 0 unspecified atom stereocenters. The lowest BCUT2D eigenvalue weighted by Crippen LogP contribution is -2.21. The van der Waals surface area contributed by atoms with Crippen LogP contribution in [0.2, 0.25) is 0 Å². The number of aromatic hydroxyl groups is 1. The molecule has 0 spiro atoms. The number of methoxy groups -OCH3 is 1. The second-order valence-corrected chi connectivity index (χ2v) is 6.65. The third kappa shape index (κ3) is 3.92. The Bertz CT molecular complexity index is 1030. The monoisotopic (exact) mass is 461 g/mol. The predicted molar refractivity (Wildman–Crippen MR) is 110 cm³/mol. The van der Waals surface area contributed by atoms with Gasteiger partial charge in [0.1, 0.15) is 5.57 Å². The maximum absolute atomic E-state index is 13.0. The lowest BCUT2D eigenvalue weighted by Gasteiger charge is -2.11. The van der Waals surface area contributed by atoms with Crippen LogP contribution in [0.1, 0.15) is 12.5 Å². The summed E-state index contributed by atoms with van der Waals surface area (Å²) in [7, 11) is 1.42. The van der Waals surface area contributed by atoms with Crippen LogP contribution in [0.4, 0.5) is 11.4 Å². The SMILES string of the molecule is CCOC1=NN(c2ccc([N+](=O)[O-])cc2)C(=O)/C1=C/c1c(Br)ccc(OC)c1O. The van der Waals surface area contributed by atoms with Crippen LogP contribution in [0.15, 0.2) is 51.5 Å². The lowest BCUT2D eigenvalue weighted by atomic mass is 10.1. The number of carbonyl (C=O) groups is 1. The molecule has 0 aliphatic carbocycles. The highest BCUT2D eigenvalue weighted by molar-refractivity contribution is 9.10. The minimum absolute atomic E-state index is 0.0740. The van der Waals surface area contributed by atoms with E-state index in [1.54, 1.807) is 19.1 Å². The van der Waals surface area contributed by atoms with Gasteiger partial charge in [0.25, 0.3) is 11.6 Å². The van der Waals surface area contributed by atoms with E-state index in [2.05, 4.69) is 21.0 Å². The van der Waals surface area contributed by atoms with Gasteiger partial charge in [-0.15, -0.1) is 5.10 Å². The zero-order chi connectivity index (χ0) is 21.1. The van der Waals surface area contributed by atoms with Gasteiger partial charge in [0.05, 0.1) is 24.3 Å². The molecule has 0 saturated carbocycles. The van der Waals surface area contributed by atoms with E-state index in [4.69, 9.17) is 9.47 Å². The van der Waals surface area contributed by atoms with Crippen molar-refractivity contribution in [3.63, 3.8) is 0 Å². The molecular formula is C19H16BrN3O6. The highest BCUT2D eigenvalue weighted by Gasteiger charge is 2.33. The topological polar surface area (TPSA) is 114 Å². The number of nitrogens with zero attached hydrogens (tertiary/aromatic N) is 3. The zero-order valence-corrected chi connectivity index (χ0v) is 17.0. The van der Waals surface area contributed by atoms with Crippen LogP contribution in [0.25, 0.3) is 6.08 Å². The van der Waals surface area contributed by atoms with Gasteiger partial charge >= 0.3 is 0 Å². The summed E-state index contributed by atoms with van der Waals surface area (Å²) in [6, 6.07) is 8.67. The highest BCUT2D eigenvalue weighted by Crippen LogP contribution is 2.37. The molecule has 150 valence electrons. The molecule has 2 aromatic carbocycles. The van der Waals surface area contributed by atoms with E-state index < -0.39 is 10.8 Å². The maximum atomic E-state index is 13.0. The summed E-state index contributed by atoms with van der Waals surface area (Å²) in [5.74, 6) is -0.333. The fourth-order valence-electron chi connectivity index (χ4n) is 2.66. The molecule has 9 nitrogen and oxygen atoms in total. The van der Waals surface area contributed by atoms with Crippen LogP contribution in [0, 0.1) is 10.1 Å². The number of rotatable bonds is 5. The van der Waals surface area contributed by atoms with Crippen molar-refractivity contribution in [2.24, 2.45) is 5.10 Å². The number of anilines is 1. The van der Waals surface area contributed by atoms with Gasteiger partial charge in [0, 0.05) is 22.2 Å². The van der Waals surface area contributed by atoms with Gasteiger partial charge in [0.2, 0.25) is 5.90 Å². The van der Waals surface area contributed by atoms with Crippen molar-refractivity contribution in [1.82, 2.24) is 0 Å². The lowest BCUT2D eigenvalue weighted by molar-refractivity contribution is -0.384. The molecule has 0 atom stereocenters. The number of non-ortho nitro benzene ring substituents is 1. The number of amides is 1. The quantitative estimate of drug-likeness (QED) is 0.410. The molecule has 1 heterocycles. The number of nitro groups is 1. The number of nitro benzene ring substituents is 1. The van der Waals surface area contributed by atoms with Gasteiger partial charge in [-0.2, -0.15) is 5.01 Å². The van der Waals surface area contributed by atoms with Crippen molar-refractivity contribution in [1.29, 1.82) is 0 Å². The Kier molecular flexibility index (Phi) is 5.83. The molecule has 0 fully saturated rings. The summed E-state index contributed by atoms with van der Waals surface area (Å²) in [5.41, 5.74) is 0.686. The first-order chi connectivity index (χ1) is 13.9. The van der Waals surface area contributed by atoms with Gasteiger partial charge in [-0.1, -0.05) is 15.9 Å². The molecular weight excluding hydrogens is 446 g/mol.